The zero-order valence-corrected chi connectivity index (χ0v) is 12.1. The first-order valence-corrected chi connectivity index (χ1v) is 6.79. The van der Waals surface area contributed by atoms with Crippen molar-refractivity contribution in [2.45, 2.75) is 13.3 Å². The summed E-state index contributed by atoms with van der Waals surface area (Å²) in [5.74, 6) is 1.38. The molecule has 0 spiro atoms. The van der Waals surface area contributed by atoms with Crippen LogP contribution in [-0.4, -0.2) is 6.54 Å². The van der Waals surface area contributed by atoms with E-state index in [-0.39, 0.29) is 0 Å². The predicted molar refractivity (Wildman–Crippen MR) is 80.5 cm³/mol. The van der Waals surface area contributed by atoms with E-state index in [1.165, 1.54) is 0 Å². The highest BCUT2D eigenvalue weighted by Gasteiger charge is 2.09. The number of rotatable bonds is 4. The van der Waals surface area contributed by atoms with E-state index in [1.54, 1.807) is 6.07 Å². The van der Waals surface area contributed by atoms with Gasteiger partial charge in [-0.15, -0.1) is 0 Å². The zero-order valence-electron chi connectivity index (χ0n) is 10.6. The monoisotopic (exact) mass is 295 g/mol. The van der Waals surface area contributed by atoms with Crippen LogP contribution in [0.25, 0.3) is 0 Å². The topological polar surface area (TPSA) is 35.2 Å². The quantitative estimate of drug-likeness (QED) is 0.895. The van der Waals surface area contributed by atoms with Gasteiger partial charge in [-0.2, -0.15) is 0 Å². The molecule has 0 aromatic heterocycles. The zero-order chi connectivity index (χ0) is 13.8. The highest BCUT2D eigenvalue weighted by atomic mass is 35.5. The van der Waals surface area contributed by atoms with Crippen LogP contribution in [0.15, 0.2) is 36.4 Å². The smallest absolute Gasteiger partial charge is 0.149 e. The van der Waals surface area contributed by atoms with Crippen molar-refractivity contribution in [1.82, 2.24) is 0 Å². The largest absolute Gasteiger partial charge is 0.456 e. The summed E-state index contributed by atoms with van der Waals surface area (Å²) in [5.41, 5.74) is 7.57. The van der Waals surface area contributed by atoms with Gasteiger partial charge in [-0.1, -0.05) is 35.3 Å². The maximum absolute atomic E-state index is 6.19. The summed E-state index contributed by atoms with van der Waals surface area (Å²) in [6.07, 6.45) is 0.725. The molecule has 100 valence electrons. The molecule has 2 nitrogen and oxygen atoms in total. The minimum atomic E-state index is 0.552. The van der Waals surface area contributed by atoms with Crippen LogP contribution in [0.5, 0.6) is 11.5 Å². The minimum absolute atomic E-state index is 0.552. The van der Waals surface area contributed by atoms with Gasteiger partial charge in [0, 0.05) is 5.02 Å². The predicted octanol–water partition coefficient (Wildman–Crippen LogP) is 4.60. The Morgan fingerprint density at radius 1 is 1.11 bits per heavy atom. The molecule has 0 saturated heterocycles. The molecule has 2 aromatic rings. The number of ether oxygens (including phenoxy) is 1. The van der Waals surface area contributed by atoms with Gasteiger partial charge in [-0.3, -0.25) is 0 Å². The van der Waals surface area contributed by atoms with E-state index in [0.717, 1.165) is 17.5 Å². The summed E-state index contributed by atoms with van der Waals surface area (Å²) in [4.78, 5) is 0. The van der Waals surface area contributed by atoms with E-state index in [0.29, 0.717) is 28.1 Å². The van der Waals surface area contributed by atoms with Gasteiger partial charge < -0.3 is 10.5 Å². The summed E-state index contributed by atoms with van der Waals surface area (Å²) >= 11 is 12.2. The van der Waals surface area contributed by atoms with Gasteiger partial charge in [0.15, 0.2) is 0 Å². The van der Waals surface area contributed by atoms with Crippen LogP contribution in [0.3, 0.4) is 0 Å². The highest BCUT2D eigenvalue weighted by Crippen LogP contribution is 2.34. The lowest BCUT2D eigenvalue weighted by Gasteiger charge is -2.13. The number of hydrogen-bond acceptors (Lipinski definition) is 2. The van der Waals surface area contributed by atoms with E-state index in [1.807, 2.05) is 37.3 Å². The first kappa shape index (κ1) is 14.2. The lowest BCUT2D eigenvalue weighted by molar-refractivity contribution is 0.476. The van der Waals surface area contributed by atoms with Crippen LogP contribution < -0.4 is 10.5 Å². The average Bonchev–Trinajstić information content (AvgIpc) is 2.38. The molecular formula is C15H15Cl2NO. The Kier molecular flexibility index (Phi) is 4.70. The molecule has 0 atom stereocenters. The molecular weight excluding hydrogens is 281 g/mol. The Hall–Kier alpha value is -1.22. The summed E-state index contributed by atoms with van der Waals surface area (Å²) in [7, 11) is 0. The lowest BCUT2D eigenvalue weighted by atomic mass is 10.1. The molecule has 0 aliphatic carbocycles. The van der Waals surface area contributed by atoms with Crippen molar-refractivity contribution in [3.8, 4) is 11.5 Å². The maximum Gasteiger partial charge on any atom is 0.149 e. The Bertz CT molecular complexity index is 584. The summed E-state index contributed by atoms with van der Waals surface area (Å²) in [6, 6.07) is 11.2. The van der Waals surface area contributed by atoms with Gasteiger partial charge >= 0.3 is 0 Å². The van der Waals surface area contributed by atoms with E-state index < -0.39 is 0 Å². The molecule has 0 heterocycles. The molecule has 2 N–H and O–H groups in total. The molecule has 2 aromatic carbocycles. The van der Waals surface area contributed by atoms with Gasteiger partial charge in [0.05, 0.1) is 5.02 Å². The van der Waals surface area contributed by atoms with E-state index in [9.17, 15) is 0 Å². The summed E-state index contributed by atoms with van der Waals surface area (Å²) < 4.78 is 5.88. The van der Waals surface area contributed by atoms with Gasteiger partial charge in [-0.05, 0) is 55.3 Å². The van der Waals surface area contributed by atoms with Crippen molar-refractivity contribution in [3.05, 3.63) is 57.6 Å². The van der Waals surface area contributed by atoms with Crippen molar-refractivity contribution >= 4 is 23.2 Å². The van der Waals surface area contributed by atoms with Crippen molar-refractivity contribution in [1.29, 1.82) is 0 Å². The lowest BCUT2D eigenvalue weighted by Crippen LogP contribution is -2.04. The van der Waals surface area contributed by atoms with Crippen LogP contribution >= 0.6 is 23.2 Å². The molecule has 0 unspecified atom stereocenters. The fourth-order valence-corrected chi connectivity index (χ4v) is 2.17. The second-order valence-electron chi connectivity index (χ2n) is 4.28. The molecule has 19 heavy (non-hydrogen) atoms. The fourth-order valence-electron chi connectivity index (χ4n) is 1.82. The third-order valence-electron chi connectivity index (χ3n) is 2.81. The molecule has 0 bridgehead atoms. The number of aryl methyl sites for hydroxylation is 1. The molecule has 0 fully saturated rings. The molecule has 4 heteroatoms. The van der Waals surface area contributed by atoms with Crippen LogP contribution in [0, 0.1) is 6.92 Å². The molecule has 0 radical (unpaired) electrons. The number of nitrogens with two attached hydrogens (primary N) is 1. The summed E-state index contributed by atoms with van der Waals surface area (Å²) in [6.45, 7) is 2.49. The van der Waals surface area contributed by atoms with Crippen molar-refractivity contribution in [2.24, 2.45) is 5.73 Å². The normalized spacial score (nSPS) is 10.5. The Balaban J connectivity index is 2.34. The van der Waals surface area contributed by atoms with Crippen LogP contribution in [0.1, 0.15) is 11.1 Å². The molecule has 2 rings (SSSR count). The number of halogens is 2. The Morgan fingerprint density at radius 2 is 1.89 bits per heavy atom. The Labute approximate surface area is 123 Å². The first-order chi connectivity index (χ1) is 9.11. The van der Waals surface area contributed by atoms with Crippen molar-refractivity contribution in [3.63, 3.8) is 0 Å². The molecule has 0 aliphatic heterocycles. The van der Waals surface area contributed by atoms with Crippen molar-refractivity contribution < 1.29 is 4.74 Å². The van der Waals surface area contributed by atoms with E-state index in [4.69, 9.17) is 33.7 Å². The van der Waals surface area contributed by atoms with Crippen LogP contribution in [0.2, 0.25) is 10.0 Å². The average molecular weight is 296 g/mol. The minimum Gasteiger partial charge on any atom is -0.456 e. The Morgan fingerprint density at radius 3 is 2.58 bits per heavy atom. The second-order valence-corrected chi connectivity index (χ2v) is 5.09. The highest BCUT2D eigenvalue weighted by molar-refractivity contribution is 6.32. The summed E-state index contributed by atoms with van der Waals surface area (Å²) in [5, 5.41) is 1.30. The van der Waals surface area contributed by atoms with Gasteiger partial charge in [0.1, 0.15) is 11.5 Å². The standard InChI is InChI=1S/C15H15Cl2NO/c1-10-9-12(5-6-13(10)16)19-15-11(7-8-18)3-2-4-14(15)17/h2-6,9H,7-8,18H2,1H3. The van der Waals surface area contributed by atoms with Gasteiger partial charge in [0.2, 0.25) is 0 Å². The van der Waals surface area contributed by atoms with Gasteiger partial charge in [0.25, 0.3) is 0 Å². The van der Waals surface area contributed by atoms with E-state index >= 15 is 0 Å². The maximum atomic E-state index is 6.19. The third-order valence-corrected chi connectivity index (χ3v) is 3.53. The third kappa shape index (κ3) is 3.41. The molecule has 0 amide bonds. The number of hydrogen-bond donors (Lipinski definition) is 1. The SMILES string of the molecule is Cc1cc(Oc2c(Cl)cccc2CCN)ccc1Cl. The van der Waals surface area contributed by atoms with Crippen LogP contribution in [-0.2, 0) is 6.42 Å². The fraction of sp³-hybridized carbons (Fsp3) is 0.200. The number of benzene rings is 2. The second kappa shape index (κ2) is 6.29. The molecule has 0 aliphatic rings. The molecule has 0 saturated carbocycles. The van der Waals surface area contributed by atoms with Crippen molar-refractivity contribution in [2.75, 3.05) is 6.54 Å². The van der Waals surface area contributed by atoms with Crippen LogP contribution in [0.4, 0.5) is 0 Å². The number of para-hydroxylation sites is 1. The van der Waals surface area contributed by atoms with E-state index in [2.05, 4.69) is 0 Å². The first-order valence-electron chi connectivity index (χ1n) is 6.03. The van der Waals surface area contributed by atoms with Gasteiger partial charge in [-0.25, -0.2) is 0 Å².